The van der Waals surface area contributed by atoms with E-state index in [4.69, 9.17) is 5.73 Å². The molecule has 0 saturated carbocycles. The molecule has 0 spiro atoms. The zero-order valence-electron chi connectivity index (χ0n) is 8.65. The van der Waals surface area contributed by atoms with Gasteiger partial charge in [-0.15, -0.1) is 0 Å². The van der Waals surface area contributed by atoms with E-state index in [1.165, 1.54) is 12.1 Å². The van der Waals surface area contributed by atoms with Crippen molar-refractivity contribution in [3.63, 3.8) is 0 Å². The summed E-state index contributed by atoms with van der Waals surface area (Å²) in [5.41, 5.74) is 7.71. The first-order valence-electron chi connectivity index (χ1n) is 4.98. The van der Waals surface area contributed by atoms with Crippen LogP contribution in [0.3, 0.4) is 0 Å². The second-order valence-corrected chi connectivity index (χ2v) is 3.60. The van der Waals surface area contributed by atoms with Crippen LogP contribution in [0.5, 0.6) is 5.75 Å². The van der Waals surface area contributed by atoms with E-state index in [1.807, 2.05) is 12.1 Å². The van der Waals surface area contributed by atoms with Crippen LogP contribution in [0.25, 0.3) is 11.1 Å². The van der Waals surface area contributed by atoms with Gasteiger partial charge < -0.3 is 10.8 Å². The first kappa shape index (κ1) is 10.6. The second kappa shape index (κ2) is 4.33. The average Bonchev–Trinajstić information content (AvgIpc) is 2.28. The Hall–Kier alpha value is -1.87. The molecular formula is C13H12FNO. The first-order chi connectivity index (χ1) is 7.69. The van der Waals surface area contributed by atoms with Gasteiger partial charge in [0.05, 0.1) is 0 Å². The fourth-order valence-electron chi connectivity index (χ4n) is 1.62. The molecule has 0 atom stereocenters. The molecule has 0 saturated heterocycles. The van der Waals surface area contributed by atoms with Gasteiger partial charge in [-0.1, -0.05) is 12.1 Å². The summed E-state index contributed by atoms with van der Waals surface area (Å²) in [7, 11) is 0. The SMILES string of the molecule is NCc1cc(F)cc(-c2cccc(O)c2)c1. The molecule has 0 bridgehead atoms. The van der Waals surface area contributed by atoms with Crippen molar-refractivity contribution in [3.05, 3.63) is 53.8 Å². The van der Waals surface area contributed by atoms with Crippen molar-refractivity contribution in [2.45, 2.75) is 6.54 Å². The Morgan fingerprint density at radius 3 is 2.56 bits per heavy atom. The molecule has 3 N–H and O–H groups in total. The van der Waals surface area contributed by atoms with Gasteiger partial charge in [0, 0.05) is 6.54 Å². The molecule has 82 valence electrons. The smallest absolute Gasteiger partial charge is 0.124 e. The van der Waals surface area contributed by atoms with Crippen LogP contribution in [-0.4, -0.2) is 5.11 Å². The molecule has 16 heavy (non-hydrogen) atoms. The number of halogens is 1. The van der Waals surface area contributed by atoms with Gasteiger partial charge in [-0.05, 0) is 47.0 Å². The zero-order valence-corrected chi connectivity index (χ0v) is 8.65. The van der Waals surface area contributed by atoms with Crippen LogP contribution in [0.1, 0.15) is 5.56 Å². The second-order valence-electron chi connectivity index (χ2n) is 3.60. The zero-order chi connectivity index (χ0) is 11.5. The van der Waals surface area contributed by atoms with E-state index in [-0.39, 0.29) is 11.6 Å². The van der Waals surface area contributed by atoms with Gasteiger partial charge >= 0.3 is 0 Å². The number of nitrogens with two attached hydrogens (primary N) is 1. The van der Waals surface area contributed by atoms with Gasteiger partial charge in [0.15, 0.2) is 0 Å². The number of rotatable bonds is 2. The quantitative estimate of drug-likeness (QED) is 0.812. The van der Waals surface area contributed by atoms with Crippen molar-refractivity contribution < 1.29 is 9.50 Å². The Kier molecular flexibility index (Phi) is 2.88. The number of aromatic hydroxyl groups is 1. The molecule has 0 heterocycles. The molecule has 0 aliphatic carbocycles. The predicted molar refractivity (Wildman–Crippen MR) is 61.4 cm³/mol. The number of hydrogen-bond donors (Lipinski definition) is 2. The maximum atomic E-state index is 13.3. The summed E-state index contributed by atoms with van der Waals surface area (Å²) >= 11 is 0. The molecule has 2 rings (SSSR count). The monoisotopic (exact) mass is 217 g/mol. The Bertz CT molecular complexity index is 511. The minimum atomic E-state index is -0.318. The lowest BCUT2D eigenvalue weighted by molar-refractivity contribution is 0.475. The standard InChI is InChI=1S/C13H12FNO/c14-12-5-9(8-15)4-11(6-12)10-2-1-3-13(16)7-10/h1-7,16H,8,15H2. The topological polar surface area (TPSA) is 46.2 Å². The summed E-state index contributed by atoms with van der Waals surface area (Å²) in [5.74, 6) is -0.155. The van der Waals surface area contributed by atoms with E-state index >= 15 is 0 Å². The van der Waals surface area contributed by atoms with Crippen LogP contribution in [0.2, 0.25) is 0 Å². The maximum Gasteiger partial charge on any atom is 0.124 e. The third-order valence-electron chi connectivity index (χ3n) is 2.37. The summed E-state index contributed by atoms with van der Waals surface area (Å²) in [4.78, 5) is 0. The van der Waals surface area contributed by atoms with Crippen molar-refractivity contribution in [1.82, 2.24) is 0 Å². The Labute approximate surface area is 93.2 Å². The van der Waals surface area contributed by atoms with Crippen LogP contribution in [0, 0.1) is 5.82 Å². The lowest BCUT2D eigenvalue weighted by Gasteiger charge is -2.05. The molecule has 2 aromatic carbocycles. The number of phenols is 1. The third-order valence-corrected chi connectivity index (χ3v) is 2.37. The van der Waals surface area contributed by atoms with Gasteiger partial charge in [0.25, 0.3) is 0 Å². The minimum Gasteiger partial charge on any atom is -0.508 e. The predicted octanol–water partition coefficient (Wildman–Crippen LogP) is 2.66. The van der Waals surface area contributed by atoms with Crippen LogP contribution in [0.4, 0.5) is 4.39 Å². The number of phenolic OH excluding ortho intramolecular Hbond substituents is 1. The van der Waals surface area contributed by atoms with E-state index in [1.54, 1.807) is 18.2 Å². The highest BCUT2D eigenvalue weighted by Crippen LogP contribution is 2.24. The molecule has 0 aliphatic rings. The molecule has 0 radical (unpaired) electrons. The fraction of sp³-hybridized carbons (Fsp3) is 0.0769. The highest BCUT2D eigenvalue weighted by molar-refractivity contribution is 5.65. The Morgan fingerprint density at radius 1 is 1.06 bits per heavy atom. The van der Waals surface area contributed by atoms with Gasteiger partial charge in [0.2, 0.25) is 0 Å². The first-order valence-corrected chi connectivity index (χ1v) is 4.98. The van der Waals surface area contributed by atoms with E-state index < -0.39 is 0 Å². The van der Waals surface area contributed by atoms with Crippen LogP contribution >= 0.6 is 0 Å². The van der Waals surface area contributed by atoms with Crippen molar-refractivity contribution in [2.24, 2.45) is 5.73 Å². The van der Waals surface area contributed by atoms with Gasteiger partial charge in [-0.2, -0.15) is 0 Å². The van der Waals surface area contributed by atoms with Crippen LogP contribution < -0.4 is 5.73 Å². The van der Waals surface area contributed by atoms with Gasteiger partial charge in [0.1, 0.15) is 11.6 Å². The molecule has 2 aromatic rings. The van der Waals surface area contributed by atoms with E-state index in [0.29, 0.717) is 6.54 Å². The summed E-state index contributed by atoms with van der Waals surface area (Å²) in [6, 6.07) is 11.4. The molecule has 0 fully saturated rings. The van der Waals surface area contributed by atoms with Gasteiger partial charge in [-0.3, -0.25) is 0 Å². The molecule has 3 heteroatoms. The lowest BCUT2D eigenvalue weighted by Crippen LogP contribution is -1.97. The highest BCUT2D eigenvalue weighted by Gasteiger charge is 2.03. The summed E-state index contributed by atoms with van der Waals surface area (Å²) in [6.07, 6.45) is 0. The summed E-state index contributed by atoms with van der Waals surface area (Å²) in [6.45, 7) is 0.295. The Morgan fingerprint density at radius 2 is 1.88 bits per heavy atom. The normalized spacial score (nSPS) is 10.4. The van der Waals surface area contributed by atoms with Crippen LogP contribution in [0.15, 0.2) is 42.5 Å². The molecular weight excluding hydrogens is 205 g/mol. The van der Waals surface area contributed by atoms with E-state index in [9.17, 15) is 9.50 Å². The third kappa shape index (κ3) is 2.20. The largest absolute Gasteiger partial charge is 0.508 e. The maximum absolute atomic E-state index is 13.3. The fourth-order valence-corrected chi connectivity index (χ4v) is 1.62. The molecule has 0 unspecified atom stereocenters. The van der Waals surface area contributed by atoms with Crippen molar-refractivity contribution in [2.75, 3.05) is 0 Å². The van der Waals surface area contributed by atoms with Crippen molar-refractivity contribution >= 4 is 0 Å². The summed E-state index contributed by atoms with van der Waals surface area (Å²) in [5, 5.41) is 9.35. The van der Waals surface area contributed by atoms with Gasteiger partial charge in [-0.25, -0.2) is 4.39 Å². The van der Waals surface area contributed by atoms with Crippen molar-refractivity contribution in [3.8, 4) is 16.9 Å². The lowest BCUT2D eigenvalue weighted by atomic mass is 10.0. The molecule has 2 nitrogen and oxygen atoms in total. The van der Waals surface area contributed by atoms with Crippen molar-refractivity contribution in [1.29, 1.82) is 0 Å². The molecule has 0 amide bonds. The van der Waals surface area contributed by atoms with Crippen LogP contribution in [-0.2, 0) is 6.54 Å². The number of hydrogen-bond acceptors (Lipinski definition) is 2. The average molecular weight is 217 g/mol. The van der Waals surface area contributed by atoms with E-state index in [0.717, 1.165) is 16.7 Å². The van der Waals surface area contributed by atoms with E-state index in [2.05, 4.69) is 0 Å². The summed E-state index contributed by atoms with van der Waals surface area (Å²) < 4.78 is 13.3. The Balaban J connectivity index is 2.51. The molecule has 0 aliphatic heterocycles. The number of benzene rings is 2. The minimum absolute atomic E-state index is 0.163. The highest BCUT2D eigenvalue weighted by atomic mass is 19.1. The molecule has 0 aromatic heterocycles.